The summed E-state index contributed by atoms with van der Waals surface area (Å²) in [6.07, 6.45) is 5.21. The lowest BCUT2D eigenvalue weighted by molar-refractivity contribution is -0.118. The smallest absolute Gasteiger partial charge is 0.264 e. The Balaban J connectivity index is 1.49. The third-order valence-electron chi connectivity index (χ3n) is 6.10. The molecule has 2 fully saturated rings. The summed E-state index contributed by atoms with van der Waals surface area (Å²) >= 11 is 1.57. The molecule has 4 rings (SSSR count). The van der Waals surface area contributed by atoms with Gasteiger partial charge in [-0.1, -0.05) is 20.3 Å². The van der Waals surface area contributed by atoms with Crippen molar-refractivity contribution in [1.82, 2.24) is 9.88 Å². The van der Waals surface area contributed by atoms with E-state index in [0.717, 1.165) is 48.9 Å². The van der Waals surface area contributed by atoms with E-state index in [1.165, 1.54) is 11.3 Å². The Morgan fingerprint density at radius 3 is 2.67 bits per heavy atom. The first-order valence-corrected chi connectivity index (χ1v) is 11.6. The van der Waals surface area contributed by atoms with Crippen LogP contribution in [0.5, 0.6) is 0 Å². The molecule has 30 heavy (non-hydrogen) atoms. The molecule has 0 unspecified atom stereocenters. The van der Waals surface area contributed by atoms with Crippen molar-refractivity contribution < 1.29 is 9.59 Å². The maximum absolute atomic E-state index is 13.0. The molecule has 160 valence electrons. The lowest BCUT2D eigenvalue weighted by Gasteiger charge is -2.31. The second-order valence-electron chi connectivity index (χ2n) is 8.69. The van der Waals surface area contributed by atoms with Crippen LogP contribution in [-0.2, 0) is 4.79 Å². The van der Waals surface area contributed by atoms with Gasteiger partial charge in [0.05, 0.1) is 22.8 Å². The quantitative estimate of drug-likeness (QED) is 0.797. The Labute approximate surface area is 182 Å². The predicted molar refractivity (Wildman–Crippen MR) is 121 cm³/mol. The third-order valence-corrected chi connectivity index (χ3v) is 7.09. The molecule has 2 aromatic heterocycles. The number of nitrogens with one attached hydrogen (secondary N) is 1. The lowest BCUT2D eigenvalue weighted by Crippen LogP contribution is -2.41. The standard InChI is InChI=1S/C23H30N4O2S/c1-15(2)22(28)25-18-8-10-21(24-12-18)27-11-5-4-6-17-13-26(14-19(17)27)23(29)20-9-7-16(3)30-20/h7-10,12,15,17,19H,4-6,11,13-14H2,1-3H3,(H,25,28)/t17-,19+/m1/s1. The number of fused-ring (bicyclic) bond motifs is 1. The maximum Gasteiger partial charge on any atom is 0.264 e. The van der Waals surface area contributed by atoms with Gasteiger partial charge in [-0.2, -0.15) is 0 Å². The monoisotopic (exact) mass is 426 g/mol. The number of anilines is 2. The van der Waals surface area contributed by atoms with Gasteiger partial charge in [-0.05, 0) is 49.9 Å². The van der Waals surface area contributed by atoms with Gasteiger partial charge in [-0.15, -0.1) is 11.3 Å². The van der Waals surface area contributed by atoms with Gasteiger partial charge in [0.15, 0.2) is 0 Å². The van der Waals surface area contributed by atoms with Crippen LogP contribution < -0.4 is 10.2 Å². The molecule has 2 aliphatic heterocycles. The van der Waals surface area contributed by atoms with Crippen LogP contribution in [0.2, 0.25) is 0 Å². The number of carbonyl (C=O) groups is 2. The minimum Gasteiger partial charge on any atom is -0.352 e. The fourth-order valence-corrected chi connectivity index (χ4v) is 5.25. The van der Waals surface area contributed by atoms with Gasteiger partial charge >= 0.3 is 0 Å². The Kier molecular flexibility index (Phi) is 6.09. The van der Waals surface area contributed by atoms with E-state index >= 15 is 0 Å². The zero-order valence-corrected chi connectivity index (χ0v) is 18.7. The van der Waals surface area contributed by atoms with Gasteiger partial charge < -0.3 is 15.1 Å². The number of hydrogen-bond donors (Lipinski definition) is 1. The van der Waals surface area contributed by atoms with Crippen LogP contribution in [0.1, 0.15) is 47.7 Å². The average Bonchev–Trinajstić information content (AvgIpc) is 3.30. The van der Waals surface area contributed by atoms with Crippen molar-refractivity contribution in [3.63, 3.8) is 0 Å². The highest BCUT2D eigenvalue weighted by Gasteiger charge is 2.40. The number of rotatable bonds is 4. The number of nitrogens with zero attached hydrogens (tertiary/aromatic N) is 3. The normalized spacial score (nSPS) is 21.5. The molecule has 2 aromatic rings. The Morgan fingerprint density at radius 1 is 1.17 bits per heavy atom. The minimum absolute atomic E-state index is 0.00634. The summed E-state index contributed by atoms with van der Waals surface area (Å²) in [5.74, 6) is 1.48. The van der Waals surface area contributed by atoms with E-state index in [1.54, 1.807) is 17.5 Å². The fraction of sp³-hybridized carbons (Fsp3) is 0.522. The molecule has 0 aromatic carbocycles. The van der Waals surface area contributed by atoms with Crippen molar-refractivity contribution in [3.8, 4) is 0 Å². The molecule has 4 heterocycles. The van der Waals surface area contributed by atoms with Crippen molar-refractivity contribution in [2.24, 2.45) is 11.8 Å². The van der Waals surface area contributed by atoms with Gasteiger partial charge in [0.25, 0.3) is 5.91 Å². The van der Waals surface area contributed by atoms with Crippen molar-refractivity contribution >= 4 is 34.7 Å². The van der Waals surface area contributed by atoms with Crippen LogP contribution in [0.4, 0.5) is 11.5 Å². The molecule has 2 aliphatic rings. The lowest BCUT2D eigenvalue weighted by atomic mass is 9.98. The molecular weight excluding hydrogens is 396 g/mol. The van der Waals surface area contributed by atoms with E-state index in [1.807, 2.05) is 49.9 Å². The number of hydrogen-bond acceptors (Lipinski definition) is 5. The average molecular weight is 427 g/mol. The highest BCUT2D eigenvalue weighted by molar-refractivity contribution is 7.13. The van der Waals surface area contributed by atoms with Gasteiger partial charge in [-0.3, -0.25) is 9.59 Å². The van der Waals surface area contributed by atoms with Crippen LogP contribution in [0.15, 0.2) is 30.5 Å². The number of pyridine rings is 1. The van der Waals surface area contributed by atoms with E-state index in [-0.39, 0.29) is 17.7 Å². The van der Waals surface area contributed by atoms with Crippen LogP contribution in [0.3, 0.4) is 0 Å². The van der Waals surface area contributed by atoms with E-state index in [9.17, 15) is 9.59 Å². The molecule has 0 bridgehead atoms. The van der Waals surface area contributed by atoms with Gasteiger partial charge in [0.1, 0.15) is 5.82 Å². The third kappa shape index (κ3) is 4.36. The summed E-state index contributed by atoms with van der Waals surface area (Å²) in [7, 11) is 0. The number of aromatic nitrogens is 1. The zero-order valence-electron chi connectivity index (χ0n) is 17.9. The highest BCUT2D eigenvalue weighted by Crippen LogP contribution is 2.34. The Morgan fingerprint density at radius 2 is 2.00 bits per heavy atom. The largest absolute Gasteiger partial charge is 0.352 e. The van der Waals surface area contributed by atoms with Crippen LogP contribution in [0, 0.1) is 18.8 Å². The summed E-state index contributed by atoms with van der Waals surface area (Å²) in [6.45, 7) is 8.30. The molecule has 0 aliphatic carbocycles. The number of amides is 2. The van der Waals surface area contributed by atoms with Crippen molar-refractivity contribution in [1.29, 1.82) is 0 Å². The van der Waals surface area contributed by atoms with Crippen molar-refractivity contribution in [2.45, 2.75) is 46.1 Å². The molecule has 7 heteroatoms. The van der Waals surface area contributed by atoms with Crippen LogP contribution >= 0.6 is 11.3 Å². The zero-order chi connectivity index (χ0) is 21.3. The molecule has 2 saturated heterocycles. The molecule has 1 N–H and O–H groups in total. The molecule has 2 atom stereocenters. The predicted octanol–water partition coefficient (Wildman–Crippen LogP) is 4.18. The van der Waals surface area contributed by atoms with Gasteiger partial charge in [0, 0.05) is 30.4 Å². The minimum atomic E-state index is -0.0646. The highest BCUT2D eigenvalue weighted by atomic mass is 32.1. The Hall–Kier alpha value is -2.41. The summed E-state index contributed by atoms with van der Waals surface area (Å²) in [6, 6.07) is 8.17. The number of aryl methyl sites for hydroxylation is 1. The maximum atomic E-state index is 13.0. The van der Waals surface area contributed by atoms with Crippen LogP contribution in [0.25, 0.3) is 0 Å². The van der Waals surface area contributed by atoms with E-state index in [2.05, 4.69) is 15.2 Å². The molecule has 2 amide bonds. The number of likely N-dealkylation sites (tertiary alicyclic amines) is 1. The molecular formula is C23H30N4O2S. The molecule has 0 radical (unpaired) electrons. The first-order chi connectivity index (χ1) is 14.4. The van der Waals surface area contributed by atoms with E-state index in [4.69, 9.17) is 0 Å². The van der Waals surface area contributed by atoms with Crippen molar-refractivity contribution in [3.05, 3.63) is 40.2 Å². The second kappa shape index (κ2) is 8.76. The molecule has 0 saturated carbocycles. The van der Waals surface area contributed by atoms with E-state index in [0.29, 0.717) is 12.0 Å². The SMILES string of the molecule is Cc1ccc(C(=O)N2C[C@H]3CCCCN(c4ccc(NC(=O)C(C)C)cn4)[C@H]3C2)s1. The Bertz CT molecular complexity index is 908. The summed E-state index contributed by atoms with van der Waals surface area (Å²) < 4.78 is 0. The van der Waals surface area contributed by atoms with Crippen LogP contribution in [-0.4, -0.2) is 47.4 Å². The summed E-state index contributed by atoms with van der Waals surface area (Å²) in [4.78, 5) is 36.0. The topological polar surface area (TPSA) is 65.5 Å². The summed E-state index contributed by atoms with van der Waals surface area (Å²) in [5.41, 5.74) is 0.722. The summed E-state index contributed by atoms with van der Waals surface area (Å²) in [5, 5.41) is 2.90. The fourth-order valence-electron chi connectivity index (χ4n) is 4.42. The first-order valence-electron chi connectivity index (χ1n) is 10.8. The van der Waals surface area contributed by atoms with E-state index < -0.39 is 0 Å². The first kappa shape index (κ1) is 20.8. The molecule has 0 spiro atoms. The second-order valence-corrected chi connectivity index (χ2v) is 9.97. The van der Waals surface area contributed by atoms with Gasteiger partial charge in [-0.25, -0.2) is 4.98 Å². The number of carbonyl (C=O) groups excluding carboxylic acids is 2. The van der Waals surface area contributed by atoms with Gasteiger partial charge in [0.2, 0.25) is 5.91 Å². The number of thiophene rings is 1. The van der Waals surface area contributed by atoms with Crippen molar-refractivity contribution in [2.75, 3.05) is 29.9 Å². The molecule has 6 nitrogen and oxygen atoms in total.